The third kappa shape index (κ3) is 6.52. The lowest BCUT2D eigenvalue weighted by molar-refractivity contribution is -0.172. The van der Waals surface area contributed by atoms with Gasteiger partial charge in [0.25, 0.3) is 0 Å². The number of Topliss-reactive ketones (excluding diaryl/α,β-unsaturated/α-hetero) is 1. The van der Waals surface area contributed by atoms with Crippen LogP contribution in [0.3, 0.4) is 0 Å². The minimum absolute atomic E-state index is 0.121. The molecule has 90 valence electrons. The molecule has 15 heavy (non-hydrogen) atoms. The number of hydrogen-bond donors (Lipinski definition) is 0. The molecular weight excluding hydrogens is 205 g/mol. The first kappa shape index (κ1) is 14.5. The Labute approximate surface area is 89.0 Å². The van der Waals surface area contributed by atoms with Crippen LogP contribution in [0, 0.1) is 11.8 Å². The predicted molar refractivity (Wildman–Crippen MR) is 53.5 cm³/mol. The molecule has 0 fully saturated rings. The number of carbonyl (C=O) groups is 1. The Morgan fingerprint density at radius 3 is 2.13 bits per heavy atom. The highest BCUT2D eigenvalue weighted by atomic mass is 19.4. The second-order valence-electron chi connectivity index (χ2n) is 4.41. The van der Waals surface area contributed by atoms with Crippen molar-refractivity contribution in [2.45, 2.75) is 52.6 Å². The van der Waals surface area contributed by atoms with Gasteiger partial charge in [0.05, 0.1) is 0 Å². The Balaban J connectivity index is 4.22. The number of carbonyl (C=O) groups excluding carboxylic acids is 1. The maximum Gasteiger partial charge on any atom is 0.449 e. The van der Waals surface area contributed by atoms with Gasteiger partial charge in [0, 0.05) is 6.42 Å². The first-order chi connectivity index (χ1) is 6.77. The fourth-order valence-corrected chi connectivity index (χ4v) is 1.76. The zero-order valence-electron chi connectivity index (χ0n) is 9.53. The number of rotatable bonds is 6. The molecule has 0 aromatic carbocycles. The summed E-state index contributed by atoms with van der Waals surface area (Å²) in [6.07, 6.45) is -2.81. The largest absolute Gasteiger partial charge is 0.449 e. The highest BCUT2D eigenvalue weighted by Crippen LogP contribution is 2.26. The van der Waals surface area contributed by atoms with Crippen LogP contribution in [-0.4, -0.2) is 12.0 Å². The van der Waals surface area contributed by atoms with Crippen LogP contribution in [-0.2, 0) is 4.79 Å². The van der Waals surface area contributed by atoms with Crippen LogP contribution in [0.25, 0.3) is 0 Å². The quantitative estimate of drug-likeness (QED) is 0.667. The summed E-state index contributed by atoms with van der Waals surface area (Å²) in [5, 5.41) is 0. The zero-order valence-corrected chi connectivity index (χ0v) is 9.53. The van der Waals surface area contributed by atoms with Gasteiger partial charge in [0.1, 0.15) is 0 Å². The summed E-state index contributed by atoms with van der Waals surface area (Å²) in [6, 6.07) is 0. The third-order valence-corrected chi connectivity index (χ3v) is 2.29. The van der Waals surface area contributed by atoms with E-state index in [9.17, 15) is 18.0 Å². The standard InChI is InChI=1S/C11H19F3O/c1-4-5-9(6-8(2)3)7-10(15)11(12,13)14/h8-9H,4-7H2,1-3H3. The van der Waals surface area contributed by atoms with Gasteiger partial charge in [-0.1, -0.05) is 33.6 Å². The SMILES string of the molecule is CCCC(CC(=O)C(F)(F)F)CC(C)C. The van der Waals surface area contributed by atoms with Crippen LogP contribution >= 0.6 is 0 Å². The van der Waals surface area contributed by atoms with Crippen LogP contribution in [0.1, 0.15) is 46.5 Å². The molecule has 0 radical (unpaired) electrons. The van der Waals surface area contributed by atoms with Gasteiger partial charge < -0.3 is 0 Å². The number of alkyl halides is 3. The predicted octanol–water partition coefficient (Wildman–Crippen LogP) is 3.97. The van der Waals surface area contributed by atoms with Gasteiger partial charge in [-0.05, 0) is 18.3 Å². The second kappa shape index (κ2) is 6.13. The molecule has 0 saturated heterocycles. The smallest absolute Gasteiger partial charge is 0.290 e. The fourth-order valence-electron chi connectivity index (χ4n) is 1.76. The van der Waals surface area contributed by atoms with Crippen LogP contribution in [0.5, 0.6) is 0 Å². The van der Waals surface area contributed by atoms with Gasteiger partial charge >= 0.3 is 6.18 Å². The van der Waals surface area contributed by atoms with E-state index in [-0.39, 0.29) is 12.3 Å². The molecule has 0 aromatic heterocycles. The van der Waals surface area contributed by atoms with Crippen molar-refractivity contribution in [1.29, 1.82) is 0 Å². The van der Waals surface area contributed by atoms with Crippen molar-refractivity contribution in [3.05, 3.63) is 0 Å². The molecule has 0 rings (SSSR count). The molecule has 0 aliphatic rings. The Morgan fingerprint density at radius 2 is 1.80 bits per heavy atom. The summed E-state index contributed by atoms with van der Waals surface area (Å²) in [6.45, 7) is 5.84. The molecule has 4 heteroatoms. The summed E-state index contributed by atoms with van der Waals surface area (Å²) < 4.78 is 36.1. The summed E-state index contributed by atoms with van der Waals surface area (Å²) in [5.41, 5.74) is 0. The molecular formula is C11H19F3O. The van der Waals surface area contributed by atoms with E-state index in [2.05, 4.69) is 0 Å². The average molecular weight is 224 g/mol. The minimum atomic E-state index is -4.66. The van der Waals surface area contributed by atoms with Gasteiger partial charge in [-0.3, -0.25) is 4.79 Å². The summed E-state index contributed by atoms with van der Waals surface area (Å²) >= 11 is 0. The molecule has 1 atom stereocenters. The van der Waals surface area contributed by atoms with Crippen LogP contribution in [0.4, 0.5) is 13.2 Å². The normalized spacial score (nSPS) is 14.3. The molecule has 0 aliphatic heterocycles. The minimum Gasteiger partial charge on any atom is -0.290 e. The lowest BCUT2D eigenvalue weighted by atomic mass is 9.89. The maximum atomic E-state index is 12.0. The van der Waals surface area contributed by atoms with Crippen molar-refractivity contribution in [3.63, 3.8) is 0 Å². The van der Waals surface area contributed by atoms with Gasteiger partial charge in [-0.15, -0.1) is 0 Å². The van der Waals surface area contributed by atoms with E-state index in [4.69, 9.17) is 0 Å². The fraction of sp³-hybridized carbons (Fsp3) is 0.909. The van der Waals surface area contributed by atoms with Crippen LogP contribution in [0.15, 0.2) is 0 Å². The van der Waals surface area contributed by atoms with Gasteiger partial charge in [-0.2, -0.15) is 13.2 Å². The van der Waals surface area contributed by atoms with Crippen molar-refractivity contribution in [3.8, 4) is 0 Å². The monoisotopic (exact) mass is 224 g/mol. The topological polar surface area (TPSA) is 17.1 Å². The molecule has 0 amide bonds. The van der Waals surface area contributed by atoms with Crippen molar-refractivity contribution in [2.75, 3.05) is 0 Å². The molecule has 0 N–H and O–H groups in total. The van der Waals surface area contributed by atoms with E-state index in [0.717, 1.165) is 6.42 Å². The third-order valence-electron chi connectivity index (χ3n) is 2.29. The van der Waals surface area contributed by atoms with Gasteiger partial charge in [0.15, 0.2) is 0 Å². The first-order valence-electron chi connectivity index (χ1n) is 5.37. The lowest BCUT2D eigenvalue weighted by Crippen LogP contribution is -2.25. The molecule has 1 nitrogen and oxygen atoms in total. The summed E-state index contributed by atoms with van der Waals surface area (Å²) in [4.78, 5) is 10.8. The summed E-state index contributed by atoms with van der Waals surface area (Å²) in [5.74, 6) is -1.37. The molecule has 0 aromatic rings. The Kier molecular flexibility index (Phi) is 5.91. The Morgan fingerprint density at radius 1 is 1.27 bits per heavy atom. The molecule has 0 heterocycles. The number of ketones is 1. The molecule has 0 bridgehead atoms. The van der Waals surface area contributed by atoms with E-state index >= 15 is 0 Å². The highest BCUT2D eigenvalue weighted by molar-refractivity contribution is 5.84. The second-order valence-corrected chi connectivity index (χ2v) is 4.41. The van der Waals surface area contributed by atoms with E-state index < -0.39 is 12.0 Å². The van der Waals surface area contributed by atoms with Crippen molar-refractivity contribution >= 4 is 5.78 Å². The Hall–Kier alpha value is -0.540. The van der Waals surface area contributed by atoms with E-state index in [1.807, 2.05) is 20.8 Å². The molecule has 1 unspecified atom stereocenters. The van der Waals surface area contributed by atoms with E-state index in [1.54, 1.807) is 0 Å². The lowest BCUT2D eigenvalue weighted by Gasteiger charge is -2.18. The average Bonchev–Trinajstić information content (AvgIpc) is 2.01. The van der Waals surface area contributed by atoms with E-state index in [1.165, 1.54) is 0 Å². The number of halogens is 3. The van der Waals surface area contributed by atoms with E-state index in [0.29, 0.717) is 18.8 Å². The maximum absolute atomic E-state index is 12.0. The Bertz CT molecular complexity index is 196. The van der Waals surface area contributed by atoms with Gasteiger partial charge in [0.2, 0.25) is 5.78 Å². The first-order valence-corrected chi connectivity index (χ1v) is 5.37. The molecule has 0 aliphatic carbocycles. The summed E-state index contributed by atoms with van der Waals surface area (Å²) in [7, 11) is 0. The molecule has 0 spiro atoms. The number of hydrogen-bond acceptors (Lipinski definition) is 1. The van der Waals surface area contributed by atoms with Crippen molar-refractivity contribution in [2.24, 2.45) is 11.8 Å². The van der Waals surface area contributed by atoms with Crippen LogP contribution < -0.4 is 0 Å². The van der Waals surface area contributed by atoms with Crippen molar-refractivity contribution < 1.29 is 18.0 Å². The van der Waals surface area contributed by atoms with Crippen molar-refractivity contribution in [1.82, 2.24) is 0 Å². The van der Waals surface area contributed by atoms with Crippen LogP contribution in [0.2, 0.25) is 0 Å². The zero-order chi connectivity index (χ0) is 12.1. The highest BCUT2D eigenvalue weighted by Gasteiger charge is 2.38. The van der Waals surface area contributed by atoms with Gasteiger partial charge in [-0.25, -0.2) is 0 Å². The molecule has 0 saturated carbocycles.